The lowest BCUT2D eigenvalue weighted by atomic mass is 10.1. The third-order valence-corrected chi connectivity index (χ3v) is 4.04. The summed E-state index contributed by atoms with van der Waals surface area (Å²) in [6.45, 7) is 5.48. The second-order valence-electron chi connectivity index (χ2n) is 5.97. The van der Waals surface area contributed by atoms with Crippen LogP contribution in [0.2, 0.25) is 0 Å². The molecule has 0 aliphatic carbocycles. The van der Waals surface area contributed by atoms with E-state index in [1.165, 1.54) is 0 Å². The van der Waals surface area contributed by atoms with E-state index < -0.39 is 11.7 Å². The SMILES string of the molecule is COc1cc2c(I)ccc(NC(=O)OC(C)(C)C)c2cc1OC. The molecule has 124 valence electrons. The van der Waals surface area contributed by atoms with Gasteiger partial charge in [0.05, 0.1) is 19.9 Å². The minimum Gasteiger partial charge on any atom is -0.493 e. The minimum absolute atomic E-state index is 0.491. The van der Waals surface area contributed by atoms with Crippen LogP contribution in [-0.4, -0.2) is 25.9 Å². The Balaban J connectivity index is 2.48. The van der Waals surface area contributed by atoms with E-state index in [0.29, 0.717) is 17.2 Å². The summed E-state index contributed by atoms with van der Waals surface area (Å²) >= 11 is 2.25. The maximum atomic E-state index is 12.0. The number of halogens is 1. The molecule has 5 nitrogen and oxygen atoms in total. The van der Waals surface area contributed by atoms with Crippen LogP contribution < -0.4 is 14.8 Å². The number of rotatable bonds is 3. The van der Waals surface area contributed by atoms with Crippen LogP contribution in [0.3, 0.4) is 0 Å². The van der Waals surface area contributed by atoms with E-state index >= 15 is 0 Å². The molecule has 1 N–H and O–H groups in total. The summed E-state index contributed by atoms with van der Waals surface area (Å²) in [6, 6.07) is 7.53. The van der Waals surface area contributed by atoms with Crippen molar-refractivity contribution in [2.45, 2.75) is 26.4 Å². The van der Waals surface area contributed by atoms with Crippen molar-refractivity contribution in [3.63, 3.8) is 0 Å². The first-order valence-electron chi connectivity index (χ1n) is 7.09. The summed E-state index contributed by atoms with van der Waals surface area (Å²) < 4.78 is 17.1. The molecular formula is C17H20INO4. The fraction of sp³-hybridized carbons (Fsp3) is 0.353. The van der Waals surface area contributed by atoms with Crippen LogP contribution in [-0.2, 0) is 4.74 Å². The molecule has 6 heteroatoms. The molecule has 0 bridgehead atoms. The van der Waals surface area contributed by atoms with Crippen molar-refractivity contribution >= 4 is 45.1 Å². The summed E-state index contributed by atoms with van der Waals surface area (Å²) in [5.74, 6) is 1.25. The Labute approximate surface area is 149 Å². The van der Waals surface area contributed by atoms with Gasteiger partial charge in [-0.05, 0) is 67.6 Å². The van der Waals surface area contributed by atoms with Gasteiger partial charge in [0.2, 0.25) is 0 Å². The van der Waals surface area contributed by atoms with E-state index in [2.05, 4.69) is 27.9 Å². The average Bonchev–Trinajstić information content (AvgIpc) is 2.47. The fourth-order valence-corrected chi connectivity index (χ4v) is 2.78. The number of anilines is 1. The number of fused-ring (bicyclic) bond motifs is 1. The first kappa shape index (κ1) is 17.7. The summed E-state index contributed by atoms with van der Waals surface area (Å²) in [5.41, 5.74) is 0.111. The zero-order valence-electron chi connectivity index (χ0n) is 13.8. The van der Waals surface area contributed by atoms with Crippen molar-refractivity contribution in [1.82, 2.24) is 0 Å². The largest absolute Gasteiger partial charge is 0.493 e. The topological polar surface area (TPSA) is 56.8 Å². The summed E-state index contributed by atoms with van der Waals surface area (Å²) in [7, 11) is 3.18. The van der Waals surface area contributed by atoms with Crippen LogP contribution in [0, 0.1) is 3.57 Å². The standard InChI is InChI=1S/C17H20INO4/c1-17(2,3)23-16(20)19-13-7-6-12(18)10-8-14(21-4)15(22-5)9-11(10)13/h6-9H,1-5H3,(H,19,20). The lowest BCUT2D eigenvalue weighted by Gasteiger charge is -2.20. The number of hydrogen-bond acceptors (Lipinski definition) is 4. The van der Waals surface area contributed by atoms with Crippen LogP contribution in [0.5, 0.6) is 11.5 Å². The highest BCUT2D eigenvalue weighted by molar-refractivity contribution is 14.1. The Morgan fingerprint density at radius 3 is 2.13 bits per heavy atom. The molecule has 0 unspecified atom stereocenters. The lowest BCUT2D eigenvalue weighted by molar-refractivity contribution is 0.0636. The van der Waals surface area contributed by atoms with Gasteiger partial charge < -0.3 is 14.2 Å². The minimum atomic E-state index is -0.552. The molecule has 0 radical (unpaired) electrons. The molecule has 0 heterocycles. The van der Waals surface area contributed by atoms with Crippen molar-refractivity contribution in [3.8, 4) is 11.5 Å². The van der Waals surface area contributed by atoms with Crippen LogP contribution in [0.15, 0.2) is 24.3 Å². The average molecular weight is 429 g/mol. The van der Waals surface area contributed by atoms with Crippen LogP contribution in [0.25, 0.3) is 10.8 Å². The number of nitrogens with one attached hydrogen (secondary N) is 1. The maximum absolute atomic E-state index is 12.0. The molecule has 1 amide bonds. The van der Waals surface area contributed by atoms with E-state index in [-0.39, 0.29) is 0 Å². The van der Waals surface area contributed by atoms with Gasteiger partial charge in [0, 0.05) is 14.3 Å². The quantitative estimate of drug-likeness (QED) is 0.712. The molecule has 0 saturated carbocycles. The first-order valence-corrected chi connectivity index (χ1v) is 8.17. The zero-order valence-corrected chi connectivity index (χ0v) is 16.0. The van der Waals surface area contributed by atoms with E-state index in [1.54, 1.807) is 14.2 Å². The molecule has 2 aromatic carbocycles. The first-order chi connectivity index (χ1) is 10.7. The molecule has 2 aromatic rings. The highest BCUT2D eigenvalue weighted by Gasteiger charge is 2.18. The van der Waals surface area contributed by atoms with E-state index in [9.17, 15) is 4.79 Å². The Hall–Kier alpha value is -1.70. The van der Waals surface area contributed by atoms with E-state index in [0.717, 1.165) is 14.3 Å². The van der Waals surface area contributed by atoms with Crippen molar-refractivity contribution < 1.29 is 19.0 Å². The second-order valence-corrected chi connectivity index (χ2v) is 7.14. The molecule has 0 saturated heterocycles. The number of hydrogen-bond donors (Lipinski definition) is 1. The maximum Gasteiger partial charge on any atom is 0.412 e. The zero-order chi connectivity index (χ0) is 17.2. The Morgan fingerprint density at radius 2 is 1.61 bits per heavy atom. The Kier molecular flexibility index (Phi) is 5.23. The predicted molar refractivity (Wildman–Crippen MR) is 99.6 cm³/mol. The monoisotopic (exact) mass is 429 g/mol. The number of carbonyl (C=O) groups is 1. The van der Waals surface area contributed by atoms with E-state index in [1.807, 2.05) is 45.0 Å². The molecule has 0 aromatic heterocycles. The van der Waals surface area contributed by atoms with Gasteiger partial charge in [0.1, 0.15) is 5.60 Å². The second kappa shape index (κ2) is 6.82. The van der Waals surface area contributed by atoms with Gasteiger partial charge in [0.25, 0.3) is 0 Å². The molecule has 0 spiro atoms. The van der Waals surface area contributed by atoms with Gasteiger partial charge >= 0.3 is 6.09 Å². The molecule has 2 rings (SSSR count). The molecule has 0 fully saturated rings. The van der Waals surface area contributed by atoms with Gasteiger partial charge in [-0.25, -0.2) is 4.79 Å². The van der Waals surface area contributed by atoms with Gasteiger partial charge in [-0.1, -0.05) is 0 Å². The number of carbonyl (C=O) groups excluding carboxylic acids is 1. The van der Waals surface area contributed by atoms with Gasteiger partial charge in [0.15, 0.2) is 11.5 Å². The summed E-state index contributed by atoms with van der Waals surface area (Å²) in [4.78, 5) is 12.0. The van der Waals surface area contributed by atoms with Crippen molar-refractivity contribution in [3.05, 3.63) is 27.8 Å². The number of amides is 1. The van der Waals surface area contributed by atoms with Gasteiger partial charge in [-0.3, -0.25) is 5.32 Å². The lowest BCUT2D eigenvalue weighted by Crippen LogP contribution is -2.27. The van der Waals surface area contributed by atoms with Gasteiger partial charge in [-0.15, -0.1) is 0 Å². The summed E-state index contributed by atoms with van der Waals surface area (Å²) in [6.07, 6.45) is -0.491. The highest BCUT2D eigenvalue weighted by atomic mass is 127. The van der Waals surface area contributed by atoms with Crippen molar-refractivity contribution in [1.29, 1.82) is 0 Å². The van der Waals surface area contributed by atoms with E-state index in [4.69, 9.17) is 14.2 Å². The smallest absolute Gasteiger partial charge is 0.412 e. The normalized spacial score (nSPS) is 11.2. The molecule has 23 heavy (non-hydrogen) atoms. The third-order valence-electron chi connectivity index (χ3n) is 3.10. The van der Waals surface area contributed by atoms with Gasteiger partial charge in [-0.2, -0.15) is 0 Å². The fourth-order valence-electron chi connectivity index (χ4n) is 2.16. The molecule has 0 atom stereocenters. The van der Waals surface area contributed by atoms with Crippen LogP contribution >= 0.6 is 22.6 Å². The molecule has 0 aliphatic heterocycles. The third kappa shape index (κ3) is 4.19. The Morgan fingerprint density at radius 1 is 1.04 bits per heavy atom. The number of ether oxygens (including phenoxy) is 3. The van der Waals surface area contributed by atoms with Crippen molar-refractivity contribution in [2.75, 3.05) is 19.5 Å². The number of methoxy groups -OCH3 is 2. The predicted octanol–water partition coefficient (Wildman–Crippen LogP) is 4.81. The van der Waals surface area contributed by atoms with Crippen molar-refractivity contribution in [2.24, 2.45) is 0 Å². The molecule has 0 aliphatic rings. The number of benzene rings is 2. The molecular weight excluding hydrogens is 409 g/mol. The van der Waals surface area contributed by atoms with Crippen LogP contribution in [0.1, 0.15) is 20.8 Å². The Bertz CT molecular complexity index is 737. The van der Waals surface area contributed by atoms with Crippen LogP contribution in [0.4, 0.5) is 10.5 Å². The highest BCUT2D eigenvalue weighted by Crippen LogP contribution is 2.37. The summed E-state index contributed by atoms with van der Waals surface area (Å²) in [5, 5.41) is 4.63.